The first-order valence-electron chi connectivity index (χ1n) is 7.21. The lowest BCUT2D eigenvalue weighted by Crippen LogP contribution is -2.31. The van der Waals surface area contributed by atoms with E-state index in [1.54, 1.807) is 31.4 Å². The number of hydrogen-bond donors (Lipinski definition) is 4. The van der Waals surface area contributed by atoms with Crippen LogP contribution in [0.5, 0.6) is 5.75 Å². The van der Waals surface area contributed by atoms with Gasteiger partial charge in [-0.1, -0.05) is 0 Å². The molecule has 0 aliphatic rings. The predicted octanol–water partition coefficient (Wildman–Crippen LogP) is -0.391. The molecular formula is C15H18N6O3. The van der Waals surface area contributed by atoms with Crippen molar-refractivity contribution in [3.8, 4) is 11.4 Å². The first-order valence-corrected chi connectivity index (χ1v) is 7.21. The van der Waals surface area contributed by atoms with Crippen LogP contribution in [-0.2, 0) is 6.42 Å². The van der Waals surface area contributed by atoms with E-state index in [9.17, 15) is 9.90 Å². The monoisotopic (exact) mass is 330 g/mol. The van der Waals surface area contributed by atoms with Crippen LogP contribution in [0.2, 0.25) is 0 Å². The highest BCUT2D eigenvalue weighted by Crippen LogP contribution is 2.27. The number of rotatable bonds is 4. The summed E-state index contributed by atoms with van der Waals surface area (Å²) in [4.78, 5) is 12.4. The third kappa shape index (κ3) is 2.22. The normalized spacial score (nSPS) is 11.1. The average molecular weight is 330 g/mol. The number of fused-ring (bicyclic) bond motifs is 1. The number of pyridine rings is 1. The molecular weight excluding hydrogens is 312 g/mol. The molecule has 0 radical (unpaired) electrons. The molecule has 0 saturated carbocycles. The van der Waals surface area contributed by atoms with Crippen LogP contribution in [0.1, 0.15) is 5.56 Å². The van der Waals surface area contributed by atoms with Gasteiger partial charge in [0, 0.05) is 18.6 Å². The zero-order valence-electron chi connectivity index (χ0n) is 13.1. The van der Waals surface area contributed by atoms with Crippen molar-refractivity contribution >= 4 is 22.5 Å². The van der Waals surface area contributed by atoms with Crippen LogP contribution >= 0.6 is 0 Å². The fraction of sp³-hybridized carbons (Fsp3) is 0.200. The molecule has 3 aromatic rings. The highest BCUT2D eigenvalue weighted by atomic mass is 16.5. The molecule has 0 atom stereocenters. The smallest absolute Gasteiger partial charge is 0.283 e. The maximum absolute atomic E-state index is 12.4. The quantitative estimate of drug-likeness (QED) is 0.476. The van der Waals surface area contributed by atoms with E-state index in [2.05, 4.69) is 5.10 Å². The van der Waals surface area contributed by atoms with E-state index in [1.165, 1.54) is 4.68 Å². The van der Waals surface area contributed by atoms with Gasteiger partial charge in [0.1, 0.15) is 28.3 Å². The van der Waals surface area contributed by atoms with Gasteiger partial charge in [0.15, 0.2) is 0 Å². The Balaban J connectivity index is 2.31. The maximum atomic E-state index is 12.4. The van der Waals surface area contributed by atoms with Gasteiger partial charge in [-0.05, 0) is 24.3 Å². The molecule has 0 unspecified atom stereocenters. The first-order chi connectivity index (χ1) is 11.5. The van der Waals surface area contributed by atoms with Crippen LogP contribution < -0.4 is 27.6 Å². The Hall–Kier alpha value is -3.20. The molecule has 24 heavy (non-hydrogen) atoms. The van der Waals surface area contributed by atoms with Crippen LogP contribution in [0.3, 0.4) is 0 Å². The molecule has 2 aromatic heterocycles. The average Bonchev–Trinajstić information content (AvgIpc) is 2.94. The van der Waals surface area contributed by atoms with Crippen LogP contribution in [0.25, 0.3) is 16.6 Å². The molecule has 0 aliphatic carbocycles. The number of anilines is 2. The lowest BCUT2D eigenvalue weighted by atomic mass is 10.1. The van der Waals surface area contributed by atoms with Crippen molar-refractivity contribution in [2.45, 2.75) is 6.42 Å². The second-order valence-corrected chi connectivity index (χ2v) is 5.23. The largest absolute Gasteiger partial charge is 0.497 e. The fourth-order valence-corrected chi connectivity index (χ4v) is 2.63. The summed E-state index contributed by atoms with van der Waals surface area (Å²) < 4.78 is 7.38. The first kappa shape index (κ1) is 15.7. The Bertz CT molecular complexity index is 958. The van der Waals surface area contributed by atoms with Gasteiger partial charge in [-0.25, -0.2) is 9.36 Å². The van der Waals surface area contributed by atoms with Crippen LogP contribution in [0.15, 0.2) is 29.1 Å². The molecule has 0 spiro atoms. The van der Waals surface area contributed by atoms with Crippen molar-refractivity contribution in [3.63, 3.8) is 0 Å². The highest BCUT2D eigenvalue weighted by molar-refractivity contribution is 5.93. The summed E-state index contributed by atoms with van der Waals surface area (Å²) in [5.41, 5.74) is 12.9. The number of aliphatic hydroxyl groups excluding tert-OH is 1. The van der Waals surface area contributed by atoms with Crippen LogP contribution in [-0.4, -0.2) is 33.3 Å². The van der Waals surface area contributed by atoms with Crippen molar-refractivity contribution in [1.29, 1.82) is 0 Å². The summed E-state index contributed by atoms with van der Waals surface area (Å²) in [7, 11) is 1.57. The number of nitrogens with two attached hydrogens (primary N) is 3. The third-order valence-corrected chi connectivity index (χ3v) is 3.89. The Morgan fingerprint density at radius 1 is 1.21 bits per heavy atom. The van der Waals surface area contributed by atoms with Gasteiger partial charge in [-0.2, -0.15) is 5.10 Å². The Kier molecular flexibility index (Phi) is 3.78. The molecule has 1 aromatic carbocycles. The number of benzene rings is 1. The third-order valence-electron chi connectivity index (χ3n) is 3.89. The standard InChI is InChI=1S/C15H18N6O3/c1-24-9-4-2-8(3-5-9)21-14(17)11-12(19-21)10(6-7-22)13(16)20(18)15(11)23/h2-5,22H,6-7,16-18H2,1H3. The number of methoxy groups -OCH3 is 1. The molecule has 9 nitrogen and oxygen atoms in total. The summed E-state index contributed by atoms with van der Waals surface area (Å²) in [5, 5.41) is 13.8. The minimum absolute atomic E-state index is 0.0564. The van der Waals surface area contributed by atoms with E-state index < -0.39 is 5.56 Å². The Labute approximate surface area is 136 Å². The Morgan fingerprint density at radius 2 is 1.88 bits per heavy atom. The van der Waals surface area contributed by atoms with E-state index >= 15 is 0 Å². The van der Waals surface area contributed by atoms with Crippen LogP contribution in [0, 0.1) is 0 Å². The molecule has 0 saturated heterocycles. The minimum atomic E-state index is -0.540. The minimum Gasteiger partial charge on any atom is -0.497 e. The van der Waals surface area contributed by atoms with Gasteiger partial charge in [0.2, 0.25) is 0 Å². The van der Waals surface area contributed by atoms with Crippen molar-refractivity contribution in [2.24, 2.45) is 0 Å². The fourth-order valence-electron chi connectivity index (χ4n) is 2.63. The topological polar surface area (TPSA) is 147 Å². The van der Waals surface area contributed by atoms with E-state index in [1.807, 2.05) is 0 Å². The summed E-state index contributed by atoms with van der Waals surface area (Å²) in [6, 6.07) is 7.03. The van der Waals surface area contributed by atoms with Crippen molar-refractivity contribution in [2.75, 3.05) is 31.0 Å². The molecule has 2 heterocycles. The second kappa shape index (κ2) is 5.78. The molecule has 9 heteroatoms. The molecule has 0 bridgehead atoms. The number of ether oxygens (including phenoxy) is 1. The number of aromatic nitrogens is 3. The highest BCUT2D eigenvalue weighted by Gasteiger charge is 2.21. The number of aliphatic hydroxyl groups is 1. The van der Waals surface area contributed by atoms with E-state index in [0.717, 1.165) is 4.68 Å². The maximum Gasteiger partial charge on any atom is 0.283 e. The SMILES string of the molecule is COc1ccc(-n2nc3c(CCO)c(N)n(N)c(=O)c3c2N)cc1. The molecule has 0 amide bonds. The van der Waals surface area contributed by atoms with Crippen molar-refractivity contribution in [1.82, 2.24) is 14.5 Å². The second-order valence-electron chi connectivity index (χ2n) is 5.23. The van der Waals surface area contributed by atoms with Gasteiger partial charge >= 0.3 is 0 Å². The number of hydrogen-bond acceptors (Lipinski definition) is 7. The Morgan fingerprint density at radius 3 is 2.46 bits per heavy atom. The predicted molar refractivity (Wildman–Crippen MR) is 91.6 cm³/mol. The van der Waals surface area contributed by atoms with Crippen molar-refractivity contribution < 1.29 is 9.84 Å². The molecule has 0 aliphatic heterocycles. The van der Waals surface area contributed by atoms with Crippen LogP contribution in [0.4, 0.5) is 11.6 Å². The zero-order chi connectivity index (χ0) is 17.4. The van der Waals surface area contributed by atoms with Gasteiger partial charge in [0.05, 0.1) is 12.8 Å². The molecule has 3 rings (SSSR count). The summed E-state index contributed by atoms with van der Waals surface area (Å²) in [5.74, 6) is 6.61. The summed E-state index contributed by atoms with van der Waals surface area (Å²) in [6.07, 6.45) is 0.207. The van der Waals surface area contributed by atoms with E-state index in [-0.39, 0.29) is 30.0 Å². The lowest BCUT2D eigenvalue weighted by Gasteiger charge is -2.09. The summed E-state index contributed by atoms with van der Waals surface area (Å²) in [6.45, 7) is -0.160. The van der Waals surface area contributed by atoms with E-state index in [4.69, 9.17) is 22.0 Å². The number of nitrogens with zero attached hydrogens (tertiary/aromatic N) is 3. The molecule has 0 fully saturated rings. The van der Waals surface area contributed by atoms with Gasteiger partial charge in [0.25, 0.3) is 5.56 Å². The molecule has 126 valence electrons. The van der Waals surface area contributed by atoms with Gasteiger partial charge in [-0.15, -0.1) is 0 Å². The lowest BCUT2D eigenvalue weighted by molar-refractivity contribution is 0.300. The van der Waals surface area contributed by atoms with Crippen molar-refractivity contribution in [3.05, 3.63) is 40.2 Å². The zero-order valence-corrected chi connectivity index (χ0v) is 13.1. The summed E-state index contributed by atoms with van der Waals surface area (Å²) >= 11 is 0. The number of nitrogen functional groups attached to an aromatic ring is 3. The van der Waals surface area contributed by atoms with E-state index in [0.29, 0.717) is 22.5 Å². The van der Waals surface area contributed by atoms with Gasteiger partial charge < -0.3 is 27.2 Å². The van der Waals surface area contributed by atoms with Gasteiger partial charge in [-0.3, -0.25) is 4.79 Å². The molecule has 7 N–H and O–H groups in total.